The zero-order valence-electron chi connectivity index (χ0n) is 19.4. The van der Waals surface area contributed by atoms with Gasteiger partial charge in [-0.1, -0.05) is 62.4 Å². The Morgan fingerprint density at radius 2 is 0.969 bits per heavy atom. The molecule has 0 radical (unpaired) electrons. The highest BCUT2D eigenvalue weighted by molar-refractivity contribution is 5.73. The summed E-state index contributed by atoms with van der Waals surface area (Å²) in [6.45, 7) is 4.59. The second-order valence-electron chi connectivity index (χ2n) is 8.72. The van der Waals surface area contributed by atoms with Crippen LogP contribution in [0.25, 0.3) is 22.1 Å². The molecule has 0 aliphatic carbocycles. The van der Waals surface area contributed by atoms with Gasteiger partial charge in [-0.3, -0.25) is 0 Å². The molecule has 0 bridgehead atoms. The van der Waals surface area contributed by atoms with Crippen molar-refractivity contribution in [2.24, 2.45) is 14.1 Å². The molecule has 32 heavy (non-hydrogen) atoms. The average molecular weight is 425 g/mol. The fourth-order valence-electron chi connectivity index (χ4n) is 5.33. The van der Waals surface area contributed by atoms with E-state index < -0.39 is 0 Å². The second-order valence-corrected chi connectivity index (χ2v) is 8.72. The van der Waals surface area contributed by atoms with E-state index in [9.17, 15) is 0 Å². The third kappa shape index (κ3) is 3.22. The van der Waals surface area contributed by atoms with Gasteiger partial charge in [-0.2, -0.15) is 0 Å². The number of aryl methyl sites for hydroxylation is 2. The molecule has 0 spiro atoms. The van der Waals surface area contributed by atoms with Crippen LogP contribution >= 0.6 is 0 Å². The molecule has 2 atom stereocenters. The lowest BCUT2D eigenvalue weighted by Crippen LogP contribution is -2.26. The van der Waals surface area contributed by atoms with E-state index in [1.54, 1.807) is 0 Å². The molecule has 5 rings (SSSR count). The maximum absolute atomic E-state index is 2.45. The monoisotopic (exact) mass is 424 g/mol. The van der Waals surface area contributed by atoms with E-state index in [1.807, 2.05) is 0 Å². The van der Waals surface area contributed by atoms with Gasteiger partial charge in [0.25, 0.3) is 0 Å². The minimum Gasteiger partial charge on any atom is -0.233 e. The number of aromatic nitrogens is 4. The molecule has 0 saturated heterocycles. The summed E-state index contributed by atoms with van der Waals surface area (Å²) >= 11 is 0. The molecule has 0 unspecified atom stereocenters. The van der Waals surface area contributed by atoms with E-state index in [0.717, 1.165) is 12.8 Å². The SMILES string of the molecule is CC[C@H](c1ccccc1[C@@H](CC)n1c[n+](C)c2ccccc21)n1c[n+](C)c2ccccc21. The van der Waals surface area contributed by atoms with Crippen LogP contribution in [-0.2, 0) is 14.1 Å². The van der Waals surface area contributed by atoms with E-state index in [0.29, 0.717) is 0 Å². The Balaban J connectivity index is 1.68. The zero-order valence-corrected chi connectivity index (χ0v) is 19.4. The van der Waals surface area contributed by atoms with Crippen LogP contribution in [0, 0.1) is 0 Å². The molecule has 162 valence electrons. The largest absolute Gasteiger partial charge is 0.245 e. The smallest absolute Gasteiger partial charge is 0.233 e. The number of hydrogen-bond acceptors (Lipinski definition) is 0. The summed E-state index contributed by atoms with van der Waals surface area (Å²) in [5.74, 6) is 0. The first kappa shape index (κ1) is 20.5. The first-order valence-corrected chi connectivity index (χ1v) is 11.6. The van der Waals surface area contributed by atoms with Crippen molar-refractivity contribution in [3.63, 3.8) is 0 Å². The van der Waals surface area contributed by atoms with Crippen LogP contribution in [-0.4, -0.2) is 9.13 Å². The van der Waals surface area contributed by atoms with Crippen molar-refractivity contribution in [1.82, 2.24) is 9.13 Å². The summed E-state index contributed by atoms with van der Waals surface area (Å²) in [5, 5.41) is 0. The number of benzene rings is 3. The molecular weight excluding hydrogens is 392 g/mol. The summed E-state index contributed by atoms with van der Waals surface area (Å²) in [5.41, 5.74) is 7.90. The van der Waals surface area contributed by atoms with Crippen LogP contribution in [0.1, 0.15) is 49.9 Å². The molecule has 0 saturated carbocycles. The summed E-state index contributed by atoms with van der Waals surface area (Å²) in [6, 6.07) is 27.0. The van der Waals surface area contributed by atoms with Crippen LogP contribution in [0.5, 0.6) is 0 Å². The van der Waals surface area contributed by atoms with Gasteiger partial charge in [0.1, 0.15) is 12.1 Å². The van der Waals surface area contributed by atoms with Crippen molar-refractivity contribution in [2.75, 3.05) is 0 Å². The van der Waals surface area contributed by atoms with Gasteiger partial charge < -0.3 is 0 Å². The molecule has 2 aromatic heterocycles. The van der Waals surface area contributed by atoms with E-state index >= 15 is 0 Å². The molecule has 4 nitrogen and oxygen atoms in total. The Labute approximate surface area is 190 Å². The van der Waals surface area contributed by atoms with Gasteiger partial charge in [-0.05, 0) is 37.1 Å². The first-order chi connectivity index (χ1) is 15.6. The van der Waals surface area contributed by atoms with Gasteiger partial charge in [0, 0.05) is 11.1 Å². The van der Waals surface area contributed by atoms with Crippen molar-refractivity contribution in [1.29, 1.82) is 0 Å². The van der Waals surface area contributed by atoms with Gasteiger partial charge in [-0.15, -0.1) is 0 Å². The predicted octanol–water partition coefficient (Wildman–Crippen LogP) is 5.24. The molecule has 0 N–H and O–H groups in total. The van der Waals surface area contributed by atoms with Gasteiger partial charge in [0.15, 0.2) is 22.1 Å². The van der Waals surface area contributed by atoms with E-state index in [1.165, 1.54) is 33.2 Å². The molecule has 2 heterocycles. The number of rotatable bonds is 6. The molecule has 0 amide bonds. The minimum absolute atomic E-state index is 0.280. The van der Waals surface area contributed by atoms with Gasteiger partial charge in [0.05, 0.1) is 14.1 Å². The second kappa shape index (κ2) is 8.27. The average Bonchev–Trinajstić information content (AvgIpc) is 3.34. The number of fused-ring (bicyclic) bond motifs is 2. The van der Waals surface area contributed by atoms with Crippen LogP contribution in [0.2, 0.25) is 0 Å². The zero-order chi connectivity index (χ0) is 22.2. The number of hydrogen-bond donors (Lipinski definition) is 0. The molecule has 5 aromatic rings. The van der Waals surface area contributed by atoms with Crippen molar-refractivity contribution in [2.45, 2.75) is 38.8 Å². The number of imidazole rings is 2. The molecule has 0 aliphatic rings. The van der Waals surface area contributed by atoms with Gasteiger partial charge >= 0.3 is 0 Å². The van der Waals surface area contributed by atoms with Gasteiger partial charge in [-0.25, -0.2) is 18.3 Å². The highest BCUT2D eigenvalue weighted by Gasteiger charge is 2.29. The fourth-order valence-corrected chi connectivity index (χ4v) is 5.33. The van der Waals surface area contributed by atoms with Crippen molar-refractivity contribution < 1.29 is 9.13 Å². The molecule has 0 fully saturated rings. The van der Waals surface area contributed by atoms with Crippen molar-refractivity contribution >= 4 is 22.1 Å². The Morgan fingerprint density at radius 3 is 1.38 bits per heavy atom. The lowest BCUT2D eigenvalue weighted by molar-refractivity contribution is -0.646. The van der Waals surface area contributed by atoms with Crippen LogP contribution in [0.3, 0.4) is 0 Å². The van der Waals surface area contributed by atoms with Crippen LogP contribution in [0.15, 0.2) is 85.5 Å². The fraction of sp³-hybridized carbons (Fsp3) is 0.286. The minimum atomic E-state index is 0.280. The van der Waals surface area contributed by atoms with E-state index in [2.05, 4.69) is 132 Å². The Bertz CT molecular complexity index is 1280. The summed E-state index contributed by atoms with van der Waals surface area (Å²) < 4.78 is 9.37. The summed E-state index contributed by atoms with van der Waals surface area (Å²) in [6.07, 6.45) is 6.57. The molecule has 0 aliphatic heterocycles. The Morgan fingerprint density at radius 1 is 0.594 bits per heavy atom. The lowest BCUT2D eigenvalue weighted by Gasteiger charge is -2.21. The number of para-hydroxylation sites is 4. The Hall–Kier alpha value is -3.40. The van der Waals surface area contributed by atoms with E-state index in [-0.39, 0.29) is 12.1 Å². The number of nitrogens with zero attached hydrogens (tertiary/aromatic N) is 4. The quantitative estimate of drug-likeness (QED) is 0.332. The normalized spacial score (nSPS) is 13.6. The third-order valence-corrected chi connectivity index (χ3v) is 6.83. The molecular formula is C28H32N4+2. The highest BCUT2D eigenvalue weighted by Crippen LogP contribution is 2.35. The maximum atomic E-state index is 2.45. The third-order valence-electron chi connectivity index (χ3n) is 6.83. The standard InChI is InChI=1S/C28H32N4/c1-5-23(31-19-29(3)25-15-9-11-17-27(25)31)21-13-7-8-14-22(21)24(6-2)32-20-30(4)26-16-10-12-18-28(26)32/h7-20,23-24H,5-6H2,1-4H3/q+2/t23-,24-/m1/s1. The maximum Gasteiger partial charge on any atom is 0.245 e. The topological polar surface area (TPSA) is 17.6 Å². The highest BCUT2D eigenvalue weighted by atomic mass is 15.2. The molecule has 4 heteroatoms. The van der Waals surface area contributed by atoms with Crippen molar-refractivity contribution in [3.05, 3.63) is 96.6 Å². The molecule has 3 aromatic carbocycles. The predicted molar refractivity (Wildman–Crippen MR) is 130 cm³/mol. The van der Waals surface area contributed by atoms with E-state index in [4.69, 9.17) is 0 Å². The van der Waals surface area contributed by atoms with Crippen LogP contribution < -0.4 is 9.13 Å². The first-order valence-electron chi connectivity index (χ1n) is 11.6. The van der Waals surface area contributed by atoms with Crippen LogP contribution in [0.4, 0.5) is 0 Å². The lowest BCUT2D eigenvalue weighted by atomic mass is 9.92. The van der Waals surface area contributed by atoms with Gasteiger partial charge in [0.2, 0.25) is 12.7 Å². The Kier molecular flexibility index (Phi) is 5.30. The summed E-state index contributed by atoms with van der Waals surface area (Å²) in [4.78, 5) is 0. The van der Waals surface area contributed by atoms with Crippen molar-refractivity contribution in [3.8, 4) is 0 Å². The summed E-state index contributed by atoms with van der Waals surface area (Å²) in [7, 11) is 4.27.